The maximum atomic E-state index is 12.2. The number of aromatic amines is 1. The predicted octanol–water partition coefficient (Wildman–Crippen LogP) is 3.87. The number of allylic oxidation sites excluding steroid dienone is 1. The molecule has 0 aliphatic carbocycles. The van der Waals surface area contributed by atoms with Crippen molar-refractivity contribution in [3.8, 4) is 0 Å². The second-order valence-electron chi connectivity index (χ2n) is 6.57. The molecule has 3 aromatic rings. The molecule has 1 aromatic heterocycles. The summed E-state index contributed by atoms with van der Waals surface area (Å²) in [7, 11) is 0. The van der Waals surface area contributed by atoms with Gasteiger partial charge in [0.05, 0.1) is 22.6 Å². The largest absolute Gasteiger partial charge is 0.397 e. The lowest BCUT2D eigenvalue weighted by atomic mass is 10.2. The number of nitrogens with one attached hydrogen (secondary N) is 2. The van der Waals surface area contributed by atoms with Crippen LogP contribution in [0.15, 0.2) is 66.7 Å². The van der Waals surface area contributed by atoms with Gasteiger partial charge in [-0.1, -0.05) is 48.5 Å². The Morgan fingerprint density at radius 2 is 1.79 bits per heavy atom. The first-order chi connectivity index (χ1) is 13.5. The van der Waals surface area contributed by atoms with Crippen LogP contribution in [-0.2, 0) is 11.3 Å². The summed E-state index contributed by atoms with van der Waals surface area (Å²) in [6.07, 6.45) is 7.55. The number of aryl methyl sites for hydroxylation is 1. The topological polar surface area (TPSA) is 74.8 Å². The minimum Gasteiger partial charge on any atom is -0.397 e. The molecule has 142 valence electrons. The molecule has 0 spiro atoms. The number of nitrogens with two attached hydrogens (primary N) is 1. The summed E-state index contributed by atoms with van der Waals surface area (Å²) in [5.41, 5.74) is 11.3. The molecule has 0 aliphatic heterocycles. The van der Waals surface area contributed by atoms with E-state index >= 15 is 0 Å². The van der Waals surface area contributed by atoms with E-state index in [0.29, 0.717) is 11.4 Å². The Labute approximate surface area is 165 Å². The maximum Gasteiger partial charge on any atom is 0.248 e. The van der Waals surface area contributed by atoms with Crippen molar-refractivity contribution in [1.29, 1.82) is 0 Å². The van der Waals surface area contributed by atoms with Gasteiger partial charge in [0.1, 0.15) is 0 Å². The predicted molar refractivity (Wildman–Crippen MR) is 114 cm³/mol. The van der Waals surface area contributed by atoms with Crippen LogP contribution < -0.4 is 15.7 Å². The molecule has 0 unspecified atom stereocenters. The fourth-order valence-corrected chi connectivity index (χ4v) is 2.99. The van der Waals surface area contributed by atoms with Crippen LogP contribution in [0.25, 0.3) is 12.2 Å². The number of anilines is 2. The quantitative estimate of drug-likeness (QED) is 0.349. The molecule has 5 heteroatoms. The van der Waals surface area contributed by atoms with Crippen molar-refractivity contribution in [2.45, 2.75) is 20.4 Å². The molecule has 0 bridgehead atoms. The monoisotopic (exact) mass is 373 g/mol. The van der Waals surface area contributed by atoms with E-state index < -0.39 is 0 Å². The SMILES string of the molecule is Cc1[nH][n+](C/C=C/c2ccccc2)c(C)c1/C=C/C(=O)Nc1ccccc1N. The Bertz CT molecular complexity index is 1020. The van der Waals surface area contributed by atoms with Gasteiger partial charge in [0.2, 0.25) is 11.6 Å². The van der Waals surface area contributed by atoms with Gasteiger partial charge in [0, 0.05) is 13.0 Å². The number of benzene rings is 2. The Morgan fingerprint density at radius 3 is 2.54 bits per heavy atom. The Hall–Kier alpha value is -3.60. The Morgan fingerprint density at radius 1 is 1.07 bits per heavy atom. The van der Waals surface area contributed by atoms with Crippen LogP contribution in [0.2, 0.25) is 0 Å². The van der Waals surface area contributed by atoms with Gasteiger partial charge in [-0.3, -0.25) is 4.79 Å². The molecule has 0 radical (unpaired) electrons. The van der Waals surface area contributed by atoms with Crippen molar-refractivity contribution in [1.82, 2.24) is 5.10 Å². The standard InChI is InChI=1S/C23H24N4O/c1-17-20(14-15-23(28)25-22-13-7-6-12-21(22)24)18(2)27(26-17)16-8-11-19-9-4-3-5-10-19/h3-15H,16,24H2,1-2H3,(H,25,28)/p+1/b11-8+,15-14+. The van der Waals surface area contributed by atoms with Crippen molar-refractivity contribution in [2.75, 3.05) is 11.1 Å². The molecule has 1 amide bonds. The minimum atomic E-state index is -0.214. The van der Waals surface area contributed by atoms with Crippen molar-refractivity contribution in [3.05, 3.63) is 89.3 Å². The van der Waals surface area contributed by atoms with E-state index in [1.165, 1.54) is 11.6 Å². The second-order valence-corrected chi connectivity index (χ2v) is 6.57. The molecule has 2 aromatic carbocycles. The van der Waals surface area contributed by atoms with Crippen molar-refractivity contribution in [3.63, 3.8) is 0 Å². The van der Waals surface area contributed by atoms with Crippen molar-refractivity contribution < 1.29 is 9.48 Å². The van der Waals surface area contributed by atoms with Crippen LogP contribution in [0.4, 0.5) is 11.4 Å². The second kappa shape index (κ2) is 8.86. The van der Waals surface area contributed by atoms with Crippen LogP contribution >= 0.6 is 0 Å². The Kier molecular flexibility index (Phi) is 6.07. The zero-order valence-electron chi connectivity index (χ0n) is 16.1. The molecular formula is C23H25N4O+. The number of rotatable bonds is 6. The third kappa shape index (κ3) is 4.76. The van der Waals surface area contributed by atoms with Crippen LogP contribution in [0.3, 0.4) is 0 Å². The van der Waals surface area contributed by atoms with E-state index in [4.69, 9.17) is 5.73 Å². The van der Waals surface area contributed by atoms with Crippen molar-refractivity contribution in [2.24, 2.45) is 0 Å². The van der Waals surface area contributed by atoms with Gasteiger partial charge < -0.3 is 11.1 Å². The molecule has 0 fully saturated rings. The molecule has 0 atom stereocenters. The average molecular weight is 373 g/mol. The van der Waals surface area contributed by atoms with Gasteiger partial charge in [-0.15, -0.1) is 4.68 Å². The number of carbonyl (C=O) groups is 1. The highest BCUT2D eigenvalue weighted by Crippen LogP contribution is 2.17. The number of hydrogen-bond acceptors (Lipinski definition) is 2. The van der Waals surface area contributed by atoms with Crippen LogP contribution in [0.5, 0.6) is 0 Å². The number of carbonyl (C=O) groups excluding carboxylic acids is 1. The normalized spacial score (nSPS) is 11.4. The lowest BCUT2D eigenvalue weighted by molar-refractivity contribution is -0.746. The van der Waals surface area contributed by atoms with Gasteiger partial charge >= 0.3 is 0 Å². The number of nitrogens with zero attached hydrogens (tertiary/aromatic N) is 1. The highest BCUT2D eigenvalue weighted by molar-refractivity contribution is 6.03. The van der Waals surface area contributed by atoms with Gasteiger partial charge in [-0.05, 0) is 36.8 Å². The third-order valence-corrected chi connectivity index (χ3v) is 4.52. The minimum absolute atomic E-state index is 0.214. The number of para-hydroxylation sites is 2. The molecule has 0 saturated heterocycles. The summed E-state index contributed by atoms with van der Waals surface area (Å²) in [6, 6.07) is 17.4. The van der Waals surface area contributed by atoms with Crippen molar-refractivity contribution >= 4 is 29.4 Å². The van der Waals surface area contributed by atoms with E-state index in [2.05, 4.69) is 39.4 Å². The van der Waals surface area contributed by atoms with E-state index in [1.54, 1.807) is 12.1 Å². The van der Waals surface area contributed by atoms with E-state index in [0.717, 1.165) is 23.5 Å². The highest BCUT2D eigenvalue weighted by Gasteiger charge is 2.16. The molecule has 1 heterocycles. The van der Waals surface area contributed by atoms with E-state index in [-0.39, 0.29) is 5.91 Å². The first-order valence-electron chi connectivity index (χ1n) is 9.19. The zero-order valence-corrected chi connectivity index (χ0v) is 16.1. The van der Waals surface area contributed by atoms with Gasteiger partial charge in [0.25, 0.3) is 0 Å². The maximum absolute atomic E-state index is 12.2. The molecule has 0 aliphatic rings. The van der Waals surface area contributed by atoms with Crippen LogP contribution in [0.1, 0.15) is 22.5 Å². The lowest BCUT2D eigenvalue weighted by Crippen LogP contribution is -2.37. The van der Waals surface area contributed by atoms with Crippen LogP contribution in [-0.4, -0.2) is 11.0 Å². The summed E-state index contributed by atoms with van der Waals surface area (Å²) in [5, 5.41) is 6.14. The first kappa shape index (κ1) is 19.2. The molecular weight excluding hydrogens is 348 g/mol. The highest BCUT2D eigenvalue weighted by atomic mass is 16.1. The molecule has 5 nitrogen and oxygen atoms in total. The Balaban J connectivity index is 1.67. The molecule has 28 heavy (non-hydrogen) atoms. The van der Waals surface area contributed by atoms with E-state index in [9.17, 15) is 4.79 Å². The number of nitrogen functional groups attached to an aromatic ring is 1. The summed E-state index contributed by atoms with van der Waals surface area (Å²) in [6.45, 7) is 4.76. The summed E-state index contributed by atoms with van der Waals surface area (Å²) in [4.78, 5) is 12.2. The smallest absolute Gasteiger partial charge is 0.248 e. The summed E-state index contributed by atoms with van der Waals surface area (Å²) < 4.78 is 2.06. The lowest BCUT2D eigenvalue weighted by Gasteiger charge is -2.04. The first-order valence-corrected chi connectivity index (χ1v) is 9.19. The fraction of sp³-hybridized carbons (Fsp3) is 0.130. The van der Waals surface area contributed by atoms with Gasteiger partial charge in [0.15, 0.2) is 6.54 Å². The molecule has 3 rings (SSSR count). The van der Waals surface area contributed by atoms with Gasteiger partial charge in [-0.25, -0.2) is 0 Å². The number of amides is 1. The van der Waals surface area contributed by atoms with E-state index in [1.807, 2.05) is 50.3 Å². The number of aromatic nitrogens is 2. The number of hydrogen-bond donors (Lipinski definition) is 3. The average Bonchev–Trinajstić information content (AvgIpc) is 2.96. The molecule has 4 N–H and O–H groups in total. The molecule has 0 saturated carbocycles. The summed E-state index contributed by atoms with van der Waals surface area (Å²) in [5.74, 6) is -0.214. The number of H-pyrrole nitrogens is 1. The van der Waals surface area contributed by atoms with Gasteiger partial charge in [-0.2, -0.15) is 5.10 Å². The third-order valence-electron chi connectivity index (χ3n) is 4.52. The van der Waals surface area contributed by atoms with Crippen LogP contribution in [0, 0.1) is 13.8 Å². The zero-order chi connectivity index (χ0) is 19.9. The summed E-state index contributed by atoms with van der Waals surface area (Å²) >= 11 is 0. The fourth-order valence-electron chi connectivity index (χ4n) is 2.99.